The molecule has 0 radical (unpaired) electrons. The van der Waals surface area contributed by atoms with Crippen LogP contribution in [0.2, 0.25) is 5.02 Å². The topological polar surface area (TPSA) is 128 Å². The zero-order valence-electron chi connectivity index (χ0n) is 19.4. The molecule has 3 N–H and O–H groups in total. The number of carbonyl (C=O) groups excluding carboxylic acids is 1. The van der Waals surface area contributed by atoms with E-state index in [0.29, 0.717) is 30.9 Å². The molecule has 2 aliphatic heterocycles. The van der Waals surface area contributed by atoms with Crippen molar-refractivity contribution in [1.29, 1.82) is 0 Å². The Morgan fingerprint density at radius 1 is 1.17 bits per heavy atom. The average Bonchev–Trinajstić information content (AvgIpc) is 3.04. The summed E-state index contributed by atoms with van der Waals surface area (Å²) in [6, 6.07) is 3.78. The predicted molar refractivity (Wildman–Crippen MR) is 125 cm³/mol. The lowest BCUT2D eigenvalue weighted by atomic mass is 9.96. The van der Waals surface area contributed by atoms with E-state index in [1.807, 2.05) is 0 Å². The maximum absolute atomic E-state index is 13.0. The molecule has 2 bridgehead atoms. The summed E-state index contributed by atoms with van der Waals surface area (Å²) in [5.74, 6) is -0.0752. The fraction of sp³-hybridized carbons (Fsp3) is 0.500. The first-order valence-corrected chi connectivity index (χ1v) is 13.1. The number of alkyl halides is 3. The number of sulfonamides is 1. The van der Waals surface area contributed by atoms with Gasteiger partial charge in [-0.25, -0.2) is 23.5 Å². The molecule has 0 unspecified atom stereocenters. The van der Waals surface area contributed by atoms with Crippen LogP contribution >= 0.6 is 11.6 Å². The second-order valence-corrected chi connectivity index (χ2v) is 11.4. The van der Waals surface area contributed by atoms with E-state index in [1.165, 1.54) is 26.1 Å². The van der Waals surface area contributed by atoms with Gasteiger partial charge in [0, 0.05) is 30.5 Å². The van der Waals surface area contributed by atoms with Crippen LogP contribution in [0.25, 0.3) is 0 Å². The number of fused-ring (bicyclic) bond motifs is 2. The lowest BCUT2D eigenvalue weighted by Crippen LogP contribution is -2.55. The summed E-state index contributed by atoms with van der Waals surface area (Å²) in [7, 11) is -3.84. The fourth-order valence-electron chi connectivity index (χ4n) is 4.67. The Hall–Kier alpha value is -2.64. The SMILES string of the molecule is CC(C)(Oc1ncc(C(F)(F)F)cc1Cl)C(=O)N[C@H]1C[C@H]2CC[C@@H](C1)N2c1ccc(S(N)(=O)=O)cn1. The molecule has 0 spiro atoms. The number of nitrogens with zero attached hydrogens (tertiary/aromatic N) is 3. The second kappa shape index (κ2) is 9.34. The van der Waals surface area contributed by atoms with Gasteiger partial charge < -0.3 is 15.0 Å². The lowest BCUT2D eigenvalue weighted by molar-refractivity contribution is -0.138. The Morgan fingerprint density at radius 2 is 1.81 bits per heavy atom. The van der Waals surface area contributed by atoms with Gasteiger partial charge in [-0.3, -0.25) is 4.79 Å². The molecule has 0 aromatic carbocycles. The number of piperidine rings is 1. The van der Waals surface area contributed by atoms with E-state index in [4.69, 9.17) is 21.5 Å². The number of nitrogens with one attached hydrogen (secondary N) is 1. The molecule has 2 fully saturated rings. The monoisotopic (exact) mass is 547 g/mol. The summed E-state index contributed by atoms with van der Waals surface area (Å²) in [4.78, 5) is 23.0. The minimum absolute atomic E-state index is 0.0642. The Labute approximate surface area is 211 Å². The molecular weight excluding hydrogens is 523 g/mol. The van der Waals surface area contributed by atoms with Crippen molar-refractivity contribution in [3.05, 3.63) is 41.2 Å². The van der Waals surface area contributed by atoms with Crippen molar-refractivity contribution < 1.29 is 31.1 Å². The molecule has 1 amide bonds. The molecule has 2 aromatic heterocycles. The lowest BCUT2D eigenvalue weighted by Gasteiger charge is -2.40. The minimum atomic E-state index is -4.60. The first-order valence-electron chi connectivity index (χ1n) is 11.1. The first-order chi connectivity index (χ1) is 16.6. The maximum Gasteiger partial charge on any atom is 0.417 e. The van der Waals surface area contributed by atoms with Crippen molar-refractivity contribution in [3.63, 3.8) is 0 Å². The number of anilines is 1. The van der Waals surface area contributed by atoms with Gasteiger partial charge >= 0.3 is 6.18 Å². The third-order valence-electron chi connectivity index (χ3n) is 6.42. The number of nitrogens with two attached hydrogens (primary N) is 1. The summed E-state index contributed by atoms with van der Waals surface area (Å²) in [6.45, 7) is 2.97. The van der Waals surface area contributed by atoms with Gasteiger partial charge in [0.1, 0.15) is 15.7 Å². The Kier molecular flexibility index (Phi) is 6.86. The number of ether oxygens (including phenoxy) is 1. The average molecular weight is 548 g/mol. The van der Waals surface area contributed by atoms with E-state index in [9.17, 15) is 26.4 Å². The summed E-state index contributed by atoms with van der Waals surface area (Å²) in [5.41, 5.74) is -2.46. The standard InChI is InChI=1S/C22H25ClF3N5O4S/c1-21(2,35-19-17(23)7-12(10-29-19)22(24,25)26)20(32)30-13-8-14-3-4-15(9-13)31(14)18-6-5-16(11-28-18)36(27,33)34/h5-7,10-11,13-15H,3-4,8-9H2,1-2H3,(H,30,32)(H2,27,33,34)/t13-,14+,15-. The molecule has 4 heterocycles. The third kappa shape index (κ3) is 5.52. The highest BCUT2D eigenvalue weighted by molar-refractivity contribution is 7.89. The molecule has 2 saturated heterocycles. The van der Waals surface area contributed by atoms with Crippen molar-refractivity contribution in [3.8, 4) is 5.88 Å². The number of hydrogen-bond donors (Lipinski definition) is 2. The minimum Gasteiger partial charge on any atom is -0.460 e. The highest BCUT2D eigenvalue weighted by Gasteiger charge is 2.43. The molecule has 0 saturated carbocycles. The van der Waals surface area contributed by atoms with Crippen LogP contribution < -0.4 is 20.1 Å². The summed E-state index contributed by atoms with van der Waals surface area (Å²) < 4.78 is 67.2. The Morgan fingerprint density at radius 3 is 2.31 bits per heavy atom. The van der Waals surface area contributed by atoms with Crippen LogP contribution in [-0.4, -0.2) is 48.0 Å². The second-order valence-electron chi connectivity index (χ2n) is 9.45. The number of halogens is 4. The van der Waals surface area contributed by atoms with Crippen LogP contribution in [-0.2, 0) is 21.0 Å². The van der Waals surface area contributed by atoms with Crippen LogP contribution in [0.15, 0.2) is 35.5 Å². The summed E-state index contributed by atoms with van der Waals surface area (Å²) >= 11 is 5.92. The molecule has 2 aromatic rings. The van der Waals surface area contributed by atoms with Crippen LogP contribution in [0.1, 0.15) is 45.1 Å². The first kappa shape index (κ1) is 26.4. The quantitative estimate of drug-likeness (QED) is 0.568. The Balaban J connectivity index is 1.40. The highest BCUT2D eigenvalue weighted by Crippen LogP contribution is 2.39. The van der Waals surface area contributed by atoms with Gasteiger partial charge in [0.15, 0.2) is 5.60 Å². The van der Waals surface area contributed by atoms with Gasteiger partial charge in [-0.2, -0.15) is 13.2 Å². The van der Waals surface area contributed by atoms with Gasteiger partial charge in [-0.05, 0) is 57.7 Å². The molecule has 2 aliphatic rings. The number of carbonyl (C=O) groups is 1. The number of hydrogen-bond acceptors (Lipinski definition) is 7. The van der Waals surface area contributed by atoms with E-state index in [1.54, 1.807) is 6.07 Å². The van der Waals surface area contributed by atoms with E-state index >= 15 is 0 Å². The van der Waals surface area contributed by atoms with Crippen LogP contribution in [0.3, 0.4) is 0 Å². The molecule has 9 nitrogen and oxygen atoms in total. The zero-order valence-corrected chi connectivity index (χ0v) is 21.0. The van der Waals surface area contributed by atoms with Crippen molar-refractivity contribution in [1.82, 2.24) is 15.3 Å². The fourth-order valence-corrected chi connectivity index (χ4v) is 5.33. The van der Waals surface area contributed by atoms with Crippen LogP contribution in [0.4, 0.5) is 19.0 Å². The van der Waals surface area contributed by atoms with Crippen molar-refractivity contribution >= 4 is 33.3 Å². The molecule has 196 valence electrons. The molecule has 3 atom stereocenters. The smallest absolute Gasteiger partial charge is 0.417 e. The number of aromatic nitrogens is 2. The highest BCUT2D eigenvalue weighted by atomic mass is 35.5. The number of amides is 1. The van der Waals surface area contributed by atoms with Gasteiger partial charge in [-0.15, -0.1) is 0 Å². The molecule has 36 heavy (non-hydrogen) atoms. The zero-order chi connectivity index (χ0) is 26.5. The van der Waals surface area contributed by atoms with Gasteiger partial charge in [0.05, 0.1) is 5.56 Å². The Bertz CT molecular complexity index is 1240. The molecular formula is C22H25ClF3N5O4S. The summed E-state index contributed by atoms with van der Waals surface area (Å²) in [6.07, 6.45) is 0.286. The van der Waals surface area contributed by atoms with Crippen molar-refractivity contribution in [2.24, 2.45) is 5.14 Å². The predicted octanol–water partition coefficient (Wildman–Crippen LogP) is 3.27. The number of rotatable bonds is 6. The van der Waals surface area contributed by atoms with Crippen LogP contribution in [0, 0.1) is 0 Å². The van der Waals surface area contributed by atoms with Gasteiger partial charge in [-0.1, -0.05) is 11.6 Å². The number of primary sulfonamides is 1. The molecule has 14 heteroatoms. The number of pyridine rings is 2. The van der Waals surface area contributed by atoms with E-state index in [-0.39, 0.29) is 33.9 Å². The van der Waals surface area contributed by atoms with E-state index < -0.39 is 33.3 Å². The van der Waals surface area contributed by atoms with Gasteiger partial charge in [0.25, 0.3) is 5.91 Å². The third-order valence-corrected chi connectivity index (χ3v) is 7.58. The molecule has 0 aliphatic carbocycles. The normalized spacial score (nSPS) is 22.4. The summed E-state index contributed by atoms with van der Waals surface area (Å²) in [5, 5.41) is 7.77. The van der Waals surface area contributed by atoms with Gasteiger partial charge in [0.2, 0.25) is 15.9 Å². The van der Waals surface area contributed by atoms with E-state index in [2.05, 4.69) is 20.2 Å². The van der Waals surface area contributed by atoms with Crippen molar-refractivity contribution in [2.75, 3.05) is 4.90 Å². The van der Waals surface area contributed by atoms with Crippen LogP contribution in [0.5, 0.6) is 5.88 Å². The van der Waals surface area contributed by atoms with E-state index in [0.717, 1.165) is 12.8 Å². The van der Waals surface area contributed by atoms with Crippen molar-refractivity contribution in [2.45, 2.75) is 74.3 Å². The maximum atomic E-state index is 13.0. The molecule has 4 rings (SSSR count). The largest absolute Gasteiger partial charge is 0.460 e.